The highest BCUT2D eigenvalue weighted by molar-refractivity contribution is 5.14. The zero-order valence-corrected chi connectivity index (χ0v) is 13.0. The van der Waals surface area contributed by atoms with Gasteiger partial charge in [-0.1, -0.05) is 37.3 Å². The number of benzene rings is 1. The van der Waals surface area contributed by atoms with Crippen LogP contribution in [0.5, 0.6) is 0 Å². The zero-order chi connectivity index (χ0) is 15.1. The second kappa shape index (κ2) is 7.90. The topological polar surface area (TPSA) is 55.7 Å². The van der Waals surface area contributed by atoms with Gasteiger partial charge < -0.3 is 15.5 Å². The molecule has 4 nitrogen and oxygen atoms in total. The number of aliphatic hydroxyl groups excluding tert-OH is 2. The van der Waals surface area contributed by atoms with E-state index in [0.29, 0.717) is 12.6 Å². The fourth-order valence-corrected chi connectivity index (χ4v) is 2.76. The maximum absolute atomic E-state index is 9.35. The second-order valence-corrected chi connectivity index (χ2v) is 6.57. The maximum Gasteiger partial charge on any atom is 0.0518 e. The molecule has 0 bridgehead atoms. The Morgan fingerprint density at radius 3 is 2.62 bits per heavy atom. The molecule has 21 heavy (non-hydrogen) atoms. The highest BCUT2D eigenvalue weighted by Crippen LogP contribution is 2.17. The van der Waals surface area contributed by atoms with Crippen LogP contribution in [-0.4, -0.2) is 54.0 Å². The molecule has 0 saturated carbocycles. The van der Waals surface area contributed by atoms with Crippen LogP contribution in [0, 0.1) is 5.41 Å². The molecule has 1 saturated heterocycles. The molecule has 1 aliphatic rings. The molecule has 0 radical (unpaired) electrons. The summed E-state index contributed by atoms with van der Waals surface area (Å²) in [6, 6.07) is 11.0. The van der Waals surface area contributed by atoms with Gasteiger partial charge in [0, 0.05) is 31.1 Å². The third kappa shape index (κ3) is 5.08. The van der Waals surface area contributed by atoms with Crippen LogP contribution in [0.25, 0.3) is 0 Å². The van der Waals surface area contributed by atoms with E-state index in [1.807, 2.05) is 6.92 Å². The van der Waals surface area contributed by atoms with E-state index < -0.39 is 5.41 Å². The van der Waals surface area contributed by atoms with Crippen molar-refractivity contribution in [1.29, 1.82) is 0 Å². The van der Waals surface area contributed by atoms with E-state index >= 15 is 0 Å². The predicted molar refractivity (Wildman–Crippen MR) is 85.0 cm³/mol. The lowest BCUT2D eigenvalue weighted by atomic mass is 9.92. The summed E-state index contributed by atoms with van der Waals surface area (Å²) in [4.78, 5) is 2.48. The Kier molecular flexibility index (Phi) is 6.18. The van der Waals surface area contributed by atoms with Gasteiger partial charge in [0.1, 0.15) is 0 Å². The van der Waals surface area contributed by atoms with Crippen molar-refractivity contribution in [2.24, 2.45) is 5.41 Å². The normalized spacial score (nSPS) is 20.6. The first-order valence-corrected chi connectivity index (χ1v) is 7.86. The molecule has 1 aromatic carbocycles. The summed E-state index contributed by atoms with van der Waals surface area (Å²) in [5, 5.41) is 22.2. The van der Waals surface area contributed by atoms with Crippen LogP contribution in [0.2, 0.25) is 0 Å². The van der Waals surface area contributed by atoms with Crippen LogP contribution in [0.4, 0.5) is 0 Å². The van der Waals surface area contributed by atoms with Gasteiger partial charge in [-0.3, -0.25) is 4.90 Å². The third-order valence-corrected chi connectivity index (χ3v) is 4.34. The number of nitrogens with one attached hydrogen (secondary N) is 1. The smallest absolute Gasteiger partial charge is 0.0518 e. The number of piperidine rings is 1. The van der Waals surface area contributed by atoms with Gasteiger partial charge in [-0.15, -0.1) is 0 Å². The van der Waals surface area contributed by atoms with Crippen molar-refractivity contribution in [3.05, 3.63) is 35.9 Å². The van der Waals surface area contributed by atoms with Gasteiger partial charge in [0.25, 0.3) is 0 Å². The van der Waals surface area contributed by atoms with E-state index in [1.54, 1.807) is 0 Å². The minimum absolute atomic E-state index is 0.0109. The zero-order valence-electron chi connectivity index (χ0n) is 13.0. The van der Waals surface area contributed by atoms with E-state index in [9.17, 15) is 10.2 Å². The summed E-state index contributed by atoms with van der Waals surface area (Å²) < 4.78 is 0. The fourth-order valence-electron chi connectivity index (χ4n) is 2.76. The highest BCUT2D eigenvalue weighted by Gasteiger charge is 2.25. The Balaban J connectivity index is 1.81. The van der Waals surface area contributed by atoms with Gasteiger partial charge in [0.2, 0.25) is 0 Å². The van der Waals surface area contributed by atoms with E-state index in [0.717, 1.165) is 26.1 Å². The summed E-state index contributed by atoms with van der Waals surface area (Å²) in [7, 11) is 0. The van der Waals surface area contributed by atoms with E-state index in [-0.39, 0.29) is 13.2 Å². The average Bonchev–Trinajstić information content (AvgIpc) is 2.54. The largest absolute Gasteiger partial charge is 0.396 e. The molecule has 3 N–H and O–H groups in total. The van der Waals surface area contributed by atoms with Crippen molar-refractivity contribution in [2.75, 3.05) is 32.8 Å². The molecule has 0 spiro atoms. The molecule has 2 rings (SSSR count). The number of likely N-dealkylation sites (tertiary alicyclic amines) is 1. The van der Waals surface area contributed by atoms with Crippen LogP contribution < -0.4 is 5.32 Å². The van der Waals surface area contributed by atoms with Crippen molar-refractivity contribution in [3.63, 3.8) is 0 Å². The van der Waals surface area contributed by atoms with Crippen molar-refractivity contribution < 1.29 is 10.2 Å². The standard InChI is InChI=1S/C17H28N2O2/c1-17(13-20,14-21)12-18-16-8-5-9-19(11-16)10-15-6-3-2-4-7-15/h2-4,6-7,16,18,20-21H,5,8-14H2,1H3. The first-order valence-electron chi connectivity index (χ1n) is 7.86. The number of hydrogen-bond acceptors (Lipinski definition) is 4. The van der Waals surface area contributed by atoms with Crippen LogP contribution in [0.15, 0.2) is 30.3 Å². The Morgan fingerprint density at radius 1 is 1.24 bits per heavy atom. The number of hydrogen-bond donors (Lipinski definition) is 3. The maximum atomic E-state index is 9.35. The molecule has 0 amide bonds. The lowest BCUT2D eigenvalue weighted by Gasteiger charge is -2.35. The summed E-state index contributed by atoms with van der Waals surface area (Å²) in [6.45, 7) is 5.75. The summed E-state index contributed by atoms with van der Waals surface area (Å²) in [6.07, 6.45) is 2.36. The van der Waals surface area contributed by atoms with Crippen LogP contribution in [0.3, 0.4) is 0 Å². The van der Waals surface area contributed by atoms with Crippen molar-refractivity contribution in [2.45, 2.75) is 32.4 Å². The molecule has 4 heteroatoms. The van der Waals surface area contributed by atoms with Gasteiger partial charge in [-0.25, -0.2) is 0 Å². The third-order valence-electron chi connectivity index (χ3n) is 4.34. The molecule has 1 unspecified atom stereocenters. The van der Waals surface area contributed by atoms with E-state index in [2.05, 4.69) is 40.5 Å². The molecule has 0 aromatic heterocycles. The van der Waals surface area contributed by atoms with Gasteiger partial charge in [0.05, 0.1) is 13.2 Å². The van der Waals surface area contributed by atoms with Crippen LogP contribution in [-0.2, 0) is 6.54 Å². The van der Waals surface area contributed by atoms with Crippen LogP contribution in [0.1, 0.15) is 25.3 Å². The highest BCUT2D eigenvalue weighted by atomic mass is 16.3. The Labute approximate surface area is 127 Å². The van der Waals surface area contributed by atoms with E-state index in [1.165, 1.54) is 12.0 Å². The lowest BCUT2D eigenvalue weighted by Crippen LogP contribution is -2.49. The van der Waals surface area contributed by atoms with Gasteiger partial charge in [-0.2, -0.15) is 0 Å². The minimum atomic E-state index is -0.429. The average molecular weight is 292 g/mol. The SMILES string of the molecule is CC(CO)(CO)CNC1CCCN(Cc2ccccc2)C1. The summed E-state index contributed by atoms with van der Waals surface area (Å²) in [5.74, 6) is 0. The summed E-state index contributed by atoms with van der Waals surface area (Å²) in [5.41, 5.74) is 0.926. The van der Waals surface area contributed by atoms with Crippen molar-refractivity contribution in [3.8, 4) is 0 Å². The molecule has 1 fully saturated rings. The Bertz CT molecular complexity index is 407. The van der Waals surface area contributed by atoms with Crippen molar-refractivity contribution in [1.82, 2.24) is 10.2 Å². The lowest BCUT2D eigenvalue weighted by molar-refractivity contribution is 0.0628. The van der Waals surface area contributed by atoms with Gasteiger partial charge >= 0.3 is 0 Å². The first-order chi connectivity index (χ1) is 10.1. The molecule has 0 aliphatic carbocycles. The molecular formula is C17H28N2O2. The molecule has 118 valence electrons. The first kappa shape index (κ1) is 16.4. The summed E-state index contributed by atoms with van der Waals surface area (Å²) >= 11 is 0. The van der Waals surface area contributed by atoms with Crippen LogP contribution >= 0.6 is 0 Å². The Morgan fingerprint density at radius 2 is 1.95 bits per heavy atom. The minimum Gasteiger partial charge on any atom is -0.396 e. The molecular weight excluding hydrogens is 264 g/mol. The number of nitrogens with zero attached hydrogens (tertiary/aromatic N) is 1. The quantitative estimate of drug-likeness (QED) is 0.707. The molecule has 1 aromatic rings. The van der Waals surface area contributed by atoms with Gasteiger partial charge in [0.15, 0.2) is 0 Å². The molecule has 1 atom stereocenters. The van der Waals surface area contributed by atoms with Gasteiger partial charge in [-0.05, 0) is 24.9 Å². The monoisotopic (exact) mass is 292 g/mol. The molecule has 1 aliphatic heterocycles. The number of aliphatic hydroxyl groups is 2. The van der Waals surface area contributed by atoms with E-state index in [4.69, 9.17) is 0 Å². The fraction of sp³-hybridized carbons (Fsp3) is 0.647. The Hall–Kier alpha value is -0.940. The number of rotatable bonds is 7. The van der Waals surface area contributed by atoms with Crippen molar-refractivity contribution >= 4 is 0 Å². The predicted octanol–water partition coefficient (Wildman–Crippen LogP) is 1.23. The molecule has 1 heterocycles. The second-order valence-electron chi connectivity index (χ2n) is 6.57.